The highest BCUT2D eigenvalue weighted by atomic mass is 32.1. The van der Waals surface area contributed by atoms with E-state index in [2.05, 4.69) is 34.6 Å². The van der Waals surface area contributed by atoms with E-state index < -0.39 is 0 Å². The first-order valence-electron chi connectivity index (χ1n) is 10.4. The number of H-pyrrole nitrogens is 1. The number of rotatable bonds is 5. The SMILES string of the molecule is O=c1[nH]c2ccc(-c3ccccc3)cc2c(OCC2CCNCC2)c1-c1cccs1. The third-order valence-corrected chi connectivity index (χ3v) is 6.65. The fourth-order valence-electron chi connectivity index (χ4n) is 4.12. The average Bonchev–Trinajstić information content (AvgIpc) is 3.32. The summed E-state index contributed by atoms with van der Waals surface area (Å²) < 4.78 is 6.44. The summed E-state index contributed by atoms with van der Waals surface area (Å²) in [6.07, 6.45) is 2.20. The first-order valence-corrected chi connectivity index (χ1v) is 11.3. The fourth-order valence-corrected chi connectivity index (χ4v) is 4.88. The van der Waals surface area contributed by atoms with Crippen LogP contribution in [0.3, 0.4) is 0 Å². The Labute approximate surface area is 179 Å². The van der Waals surface area contributed by atoms with Gasteiger partial charge in [0.15, 0.2) is 0 Å². The Balaban J connectivity index is 1.64. The molecule has 1 aliphatic rings. The van der Waals surface area contributed by atoms with Crippen LogP contribution in [0, 0.1) is 5.92 Å². The van der Waals surface area contributed by atoms with Crippen molar-refractivity contribution in [2.45, 2.75) is 12.8 Å². The van der Waals surface area contributed by atoms with E-state index >= 15 is 0 Å². The molecule has 4 nitrogen and oxygen atoms in total. The molecule has 2 N–H and O–H groups in total. The second-order valence-electron chi connectivity index (χ2n) is 7.77. The van der Waals surface area contributed by atoms with Crippen LogP contribution in [-0.4, -0.2) is 24.7 Å². The van der Waals surface area contributed by atoms with Gasteiger partial charge in [-0.15, -0.1) is 11.3 Å². The molecule has 0 aliphatic carbocycles. The summed E-state index contributed by atoms with van der Waals surface area (Å²) in [6.45, 7) is 2.69. The molecule has 5 heteroatoms. The molecule has 30 heavy (non-hydrogen) atoms. The second-order valence-corrected chi connectivity index (χ2v) is 8.71. The number of aromatic amines is 1. The molecule has 2 aromatic heterocycles. The number of pyridine rings is 1. The van der Waals surface area contributed by atoms with Crippen molar-refractivity contribution in [2.24, 2.45) is 5.92 Å². The van der Waals surface area contributed by atoms with Crippen molar-refractivity contribution >= 4 is 22.2 Å². The molecular formula is C25H24N2O2S. The summed E-state index contributed by atoms with van der Waals surface area (Å²) >= 11 is 1.56. The second kappa shape index (κ2) is 8.46. The monoisotopic (exact) mass is 416 g/mol. The van der Waals surface area contributed by atoms with Crippen LogP contribution >= 0.6 is 11.3 Å². The van der Waals surface area contributed by atoms with Crippen LogP contribution in [0.5, 0.6) is 5.75 Å². The van der Waals surface area contributed by atoms with Crippen LogP contribution in [0.25, 0.3) is 32.5 Å². The van der Waals surface area contributed by atoms with E-state index in [-0.39, 0.29) is 5.56 Å². The molecule has 0 unspecified atom stereocenters. The van der Waals surface area contributed by atoms with Crippen molar-refractivity contribution in [3.05, 3.63) is 76.4 Å². The molecule has 0 saturated carbocycles. The Morgan fingerprint density at radius 2 is 1.80 bits per heavy atom. The van der Waals surface area contributed by atoms with Gasteiger partial charge in [-0.05, 0) is 66.6 Å². The van der Waals surface area contributed by atoms with Gasteiger partial charge in [-0.2, -0.15) is 0 Å². The predicted molar refractivity (Wildman–Crippen MR) is 124 cm³/mol. The number of benzene rings is 2. The number of hydrogen-bond donors (Lipinski definition) is 2. The van der Waals surface area contributed by atoms with Gasteiger partial charge in [0.2, 0.25) is 0 Å². The highest BCUT2D eigenvalue weighted by Gasteiger charge is 2.20. The fraction of sp³-hybridized carbons (Fsp3) is 0.240. The van der Waals surface area contributed by atoms with E-state index in [0.29, 0.717) is 23.8 Å². The largest absolute Gasteiger partial charge is 0.492 e. The summed E-state index contributed by atoms with van der Waals surface area (Å²) in [7, 11) is 0. The Morgan fingerprint density at radius 3 is 2.57 bits per heavy atom. The van der Waals surface area contributed by atoms with Crippen LogP contribution in [0.15, 0.2) is 70.8 Å². The molecule has 4 aromatic rings. The Morgan fingerprint density at radius 1 is 0.967 bits per heavy atom. The number of nitrogens with one attached hydrogen (secondary N) is 2. The van der Waals surface area contributed by atoms with Crippen LogP contribution in [0.4, 0.5) is 0 Å². The highest BCUT2D eigenvalue weighted by molar-refractivity contribution is 7.13. The van der Waals surface area contributed by atoms with E-state index in [9.17, 15) is 4.79 Å². The van der Waals surface area contributed by atoms with Gasteiger partial charge in [-0.3, -0.25) is 4.79 Å². The Kier molecular flexibility index (Phi) is 5.39. The maximum atomic E-state index is 13.0. The lowest BCUT2D eigenvalue weighted by molar-refractivity contribution is 0.217. The number of hydrogen-bond acceptors (Lipinski definition) is 4. The van der Waals surface area contributed by atoms with Crippen molar-refractivity contribution in [2.75, 3.05) is 19.7 Å². The van der Waals surface area contributed by atoms with Crippen LogP contribution in [0.1, 0.15) is 12.8 Å². The van der Waals surface area contributed by atoms with Crippen LogP contribution in [-0.2, 0) is 0 Å². The van der Waals surface area contributed by atoms with Gasteiger partial charge in [0.25, 0.3) is 5.56 Å². The molecule has 2 aromatic carbocycles. The maximum Gasteiger partial charge on any atom is 0.260 e. The normalized spacial score (nSPS) is 14.8. The number of ether oxygens (including phenoxy) is 1. The molecule has 3 heterocycles. The van der Waals surface area contributed by atoms with Gasteiger partial charge >= 0.3 is 0 Å². The van der Waals surface area contributed by atoms with Crippen molar-refractivity contribution in [3.8, 4) is 27.3 Å². The third kappa shape index (κ3) is 3.78. The van der Waals surface area contributed by atoms with E-state index in [1.165, 1.54) is 0 Å². The molecule has 1 aliphatic heterocycles. The minimum atomic E-state index is -0.0993. The molecule has 0 radical (unpaired) electrons. The van der Waals surface area contributed by atoms with Gasteiger partial charge in [-0.25, -0.2) is 0 Å². The van der Waals surface area contributed by atoms with Gasteiger partial charge in [-0.1, -0.05) is 42.5 Å². The lowest BCUT2D eigenvalue weighted by Gasteiger charge is -2.23. The van der Waals surface area contributed by atoms with Crippen LogP contribution < -0.4 is 15.6 Å². The van der Waals surface area contributed by atoms with Gasteiger partial charge in [0.1, 0.15) is 5.75 Å². The van der Waals surface area contributed by atoms with Gasteiger partial charge in [0, 0.05) is 10.3 Å². The molecule has 1 saturated heterocycles. The first-order chi connectivity index (χ1) is 14.8. The van der Waals surface area contributed by atoms with Crippen molar-refractivity contribution in [3.63, 3.8) is 0 Å². The smallest absolute Gasteiger partial charge is 0.260 e. The molecular weight excluding hydrogens is 392 g/mol. The topological polar surface area (TPSA) is 54.1 Å². The molecule has 0 atom stereocenters. The molecule has 1 fully saturated rings. The van der Waals surface area contributed by atoms with Crippen LogP contribution in [0.2, 0.25) is 0 Å². The van der Waals surface area contributed by atoms with E-state index in [4.69, 9.17) is 4.74 Å². The lowest BCUT2D eigenvalue weighted by atomic mass is 9.99. The molecule has 5 rings (SSSR count). The molecule has 0 bridgehead atoms. The van der Waals surface area contributed by atoms with E-state index in [0.717, 1.165) is 52.8 Å². The summed E-state index contributed by atoms with van der Waals surface area (Å²) in [5.74, 6) is 1.21. The van der Waals surface area contributed by atoms with E-state index in [1.807, 2.05) is 41.8 Å². The predicted octanol–water partition coefficient (Wildman–Crippen LogP) is 5.30. The van der Waals surface area contributed by atoms with E-state index in [1.54, 1.807) is 11.3 Å². The molecule has 152 valence electrons. The minimum Gasteiger partial charge on any atom is -0.492 e. The zero-order valence-electron chi connectivity index (χ0n) is 16.7. The number of aromatic nitrogens is 1. The molecule has 0 amide bonds. The zero-order valence-corrected chi connectivity index (χ0v) is 17.5. The lowest BCUT2D eigenvalue weighted by Crippen LogP contribution is -2.30. The Hall–Kier alpha value is -2.89. The summed E-state index contributed by atoms with van der Waals surface area (Å²) in [5, 5.41) is 6.35. The standard InChI is InChI=1S/C25H24N2O2S/c28-25-23(22-7-4-14-30-22)24(29-16-17-10-12-26-13-11-17)20-15-19(8-9-21(20)27-25)18-5-2-1-3-6-18/h1-9,14-15,17,26H,10-13,16H2,(H,27,28). The molecule has 0 spiro atoms. The number of fused-ring (bicyclic) bond motifs is 1. The number of thiophene rings is 1. The summed E-state index contributed by atoms with van der Waals surface area (Å²) in [6, 6.07) is 20.4. The van der Waals surface area contributed by atoms with Gasteiger partial charge < -0.3 is 15.0 Å². The first kappa shape index (κ1) is 19.1. The van der Waals surface area contributed by atoms with Crippen molar-refractivity contribution in [1.29, 1.82) is 0 Å². The summed E-state index contributed by atoms with van der Waals surface area (Å²) in [5.41, 5.74) is 3.60. The maximum absolute atomic E-state index is 13.0. The third-order valence-electron chi connectivity index (χ3n) is 5.76. The highest BCUT2D eigenvalue weighted by Crippen LogP contribution is 2.37. The average molecular weight is 417 g/mol. The quantitative estimate of drug-likeness (QED) is 0.464. The van der Waals surface area contributed by atoms with Crippen molar-refractivity contribution < 1.29 is 4.74 Å². The van der Waals surface area contributed by atoms with Crippen molar-refractivity contribution in [1.82, 2.24) is 10.3 Å². The minimum absolute atomic E-state index is 0.0993. The summed E-state index contributed by atoms with van der Waals surface area (Å²) in [4.78, 5) is 17.0. The van der Waals surface area contributed by atoms with Gasteiger partial charge in [0.05, 0.1) is 17.7 Å². The number of piperidine rings is 1. The zero-order chi connectivity index (χ0) is 20.3. The Bertz CT molecular complexity index is 1190.